The van der Waals surface area contributed by atoms with Gasteiger partial charge in [0.2, 0.25) is 5.91 Å². The Morgan fingerprint density at radius 3 is 2.68 bits per heavy atom. The van der Waals surface area contributed by atoms with Crippen LogP contribution in [0.4, 0.5) is 18.9 Å². The van der Waals surface area contributed by atoms with Crippen molar-refractivity contribution < 1.29 is 18.0 Å². The third kappa shape index (κ3) is 2.84. The van der Waals surface area contributed by atoms with Crippen LogP contribution in [-0.2, 0) is 11.0 Å². The first-order valence-electron chi connectivity index (χ1n) is 6.88. The maximum Gasteiger partial charge on any atom is 0.416 e. The van der Waals surface area contributed by atoms with E-state index in [2.05, 4.69) is 10.4 Å². The number of anilines is 1. The highest BCUT2D eigenvalue weighted by Gasteiger charge is 2.39. The molecule has 0 saturated heterocycles. The quantitative estimate of drug-likeness (QED) is 0.943. The van der Waals surface area contributed by atoms with Crippen molar-refractivity contribution in [1.82, 2.24) is 9.78 Å². The minimum Gasteiger partial charge on any atom is -0.324 e. The van der Waals surface area contributed by atoms with Crippen LogP contribution in [0.3, 0.4) is 0 Å². The van der Waals surface area contributed by atoms with Gasteiger partial charge in [-0.15, -0.1) is 0 Å². The van der Waals surface area contributed by atoms with Gasteiger partial charge in [0.05, 0.1) is 16.9 Å². The van der Waals surface area contributed by atoms with Gasteiger partial charge in [-0.3, -0.25) is 4.79 Å². The van der Waals surface area contributed by atoms with E-state index in [1.54, 1.807) is 12.3 Å². The number of hydrogen-bond donors (Lipinski definition) is 1. The van der Waals surface area contributed by atoms with Gasteiger partial charge in [0.1, 0.15) is 0 Å². The summed E-state index contributed by atoms with van der Waals surface area (Å²) in [6.07, 6.45) is -0.568. The first kappa shape index (κ1) is 14.6. The van der Waals surface area contributed by atoms with Gasteiger partial charge in [0.15, 0.2) is 0 Å². The summed E-state index contributed by atoms with van der Waals surface area (Å²) in [6.45, 7) is 1.94. The average molecular weight is 309 g/mol. The number of aromatic nitrogens is 2. The number of halogens is 3. The van der Waals surface area contributed by atoms with Crippen LogP contribution in [-0.4, -0.2) is 15.7 Å². The zero-order valence-electron chi connectivity index (χ0n) is 11.8. The predicted molar refractivity (Wildman–Crippen MR) is 74.5 cm³/mol. The van der Waals surface area contributed by atoms with Crippen LogP contribution in [0.2, 0.25) is 0 Å². The summed E-state index contributed by atoms with van der Waals surface area (Å²) >= 11 is 0. The summed E-state index contributed by atoms with van der Waals surface area (Å²) in [4.78, 5) is 12.0. The summed E-state index contributed by atoms with van der Waals surface area (Å²) in [5.74, 6) is -0.0980. The average Bonchev–Trinajstić information content (AvgIpc) is 2.97. The fraction of sp³-hybridized carbons (Fsp3) is 0.333. The highest BCUT2D eigenvalue weighted by molar-refractivity contribution is 5.96. The maximum atomic E-state index is 12.9. The molecule has 1 fully saturated rings. The Balaban J connectivity index is 1.97. The molecule has 1 aromatic carbocycles. The summed E-state index contributed by atoms with van der Waals surface area (Å²) in [5, 5.41) is 6.61. The fourth-order valence-corrected chi connectivity index (χ4v) is 2.34. The number of rotatable bonds is 3. The van der Waals surface area contributed by atoms with Gasteiger partial charge in [-0.25, -0.2) is 4.68 Å². The largest absolute Gasteiger partial charge is 0.416 e. The Bertz CT molecular complexity index is 695. The highest BCUT2D eigenvalue weighted by Crippen LogP contribution is 2.39. The number of carbonyl (C=O) groups is 1. The molecule has 1 saturated carbocycles. The van der Waals surface area contributed by atoms with Crippen molar-refractivity contribution in [2.45, 2.75) is 19.5 Å². The number of amides is 1. The zero-order chi connectivity index (χ0) is 15.9. The van der Waals surface area contributed by atoms with E-state index in [4.69, 9.17) is 0 Å². The number of benzene rings is 1. The molecule has 0 bridgehead atoms. The monoisotopic (exact) mass is 309 g/mol. The highest BCUT2D eigenvalue weighted by atomic mass is 19.4. The van der Waals surface area contributed by atoms with Gasteiger partial charge in [0.25, 0.3) is 0 Å². The van der Waals surface area contributed by atoms with Crippen molar-refractivity contribution in [2.75, 3.05) is 5.32 Å². The first-order chi connectivity index (χ1) is 10.4. The molecule has 1 aliphatic carbocycles. The SMILES string of the molecule is C[C@@H]1C[C@@H]1C(=O)Nc1cc(C(F)(F)F)ccc1-n1cccn1. The lowest BCUT2D eigenvalue weighted by Gasteiger charge is -2.14. The van der Waals surface area contributed by atoms with Crippen LogP contribution in [0, 0.1) is 11.8 Å². The van der Waals surface area contributed by atoms with Gasteiger partial charge >= 0.3 is 6.18 Å². The molecule has 2 atom stereocenters. The fourth-order valence-electron chi connectivity index (χ4n) is 2.34. The van der Waals surface area contributed by atoms with Crippen molar-refractivity contribution in [3.05, 3.63) is 42.2 Å². The second-order valence-electron chi connectivity index (χ2n) is 5.49. The Morgan fingerprint density at radius 1 is 1.41 bits per heavy atom. The Kier molecular flexibility index (Phi) is 3.42. The summed E-state index contributed by atoms with van der Waals surface area (Å²) in [5.41, 5.74) is -0.287. The smallest absolute Gasteiger partial charge is 0.324 e. The lowest BCUT2D eigenvalue weighted by molar-refractivity contribution is -0.137. The van der Waals surface area contributed by atoms with E-state index in [1.807, 2.05) is 6.92 Å². The number of nitrogens with one attached hydrogen (secondary N) is 1. The molecule has 4 nitrogen and oxygen atoms in total. The van der Waals surface area contributed by atoms with Crippen molar-refractivity contribution in [1.29, 1.82) is 0 Å². The Morgan fingerprint density at radius 2 is 2.14 bits per heavy atom. The predicted octanol–water partition coefficient (Wildman–Crippen LogP) is 3.49. The van der Waals surface area contributed by atoms with Crippen molar-refractivity contribution in [3.8, 4) is 5.69 Å². The van der Waals surface area contributed by atoms with Gasteiger partial charge < -0.3 is 5.32 Å². The van der Waals surface area contributed by atoms with Gasteiger partial charge in [-0.2, -0.15) is 18.3 Å². The van der Waals surface area contributed by atoms with Crippen molar-refractivity contribution in [3.63, 3.8) is 0 Å². The number of hydrogen-bond acceptors (Lipinski definition) is 2. The van der Waals surface area contributed by atoms with E-state index in [0.717, 1.165) is 18.6 Å². The van der Waals surface area contributed by atoms with Gasteiger partial charge in [0, 0.05) is 18.3 Å². The first-order valence-corrected chi connectivity index (χ1v) is 6.88. The zero-order valence-corrected chi connectivity index (χ0v) is 11.8. The molecule has 0 unspecified atom stereocenters. The van der Waals surface area contributed by atoms with Crippen molar-refractivity contribution >= 4 is 11.6 Å². The van der Waals surface area contributed by atoms with Crippen LogP contribution >= 0.6 is 0 Å². The molecule has 22 heavy (non-hydrogen) atoms. The summed E-state index contributed by atoms with van der Waals surface area (Å²) in [6, 6.07) is 4.89. The molecule has 1 aliphatic rings. The van der Waals surface area contributed by atoms with E-state index >= 15 is 0 Å². The second-order valence-corrected chi connectivity index (χ2v) is 5.49. The lowest BCUT2D eigenvalue weighted by Crippen LogP contribution is -2.17. The number of alkyl halides is 3. The van der Waals surface area contributed by atoms with E-state index in [0.29, 0.717) is 5.69 Å². The van der Waals surface area contributed by atoms with E-state index in [9.17, 15) is 18.0 Å². The molecule has 7 heteroatoms. The van der Waals surface area contributed by atoms with Crippen LogP contribution in [0.5, 0.6) is 0 Å². The van der Waals surface area contributed by atoms with E-state index in [-0.39, 0.29) is 23.4 Å². The molecule has 1 amide bonds. The molecule has 1 heterocycles. The minimum absolute atomic E-state index is 0.114. The molecule has 0 aliphatic heterocycles. The third-order valence-electron chi connectivity index (χ3n) is 3.78. The van der Waals surface area contributed by atoms with Crippen LogP contribution in [0.25, 0.3) is 5.69 Å². The van der Waals surface area contributed by atoms with Gasteiger partial charge in [-0.1, -0.05) is 6.92 Å². The van der Waals surface area contributed by atoms with E-state index < -0.39 is 11.7 Å². The molecular weight excluding hydrogens is 295 g/mol. The third-order valence-corrected chi connectivity index (χ3v) is 3.78. The molecule has 116 valence electrons. The molecule has 1 N–H and O–H groups in total. The van der Waals surface area contributed by atoms with Gasteiger partial charge in [-0.05, 0) is 36.6 Å². The van der Waals surface area contributed by atoms with E-state index in [1.165, 1.54) is 16.9 Å². The molecule has 1 aromatic heterocycles. The molecular formula is C15H14F3N3O. The second kappa shape index (κ2) is 5.15. The maximum absolute atomic E-state index is 12.9. The summed E-state index contributed by atoms with van der Waals surface area (Å²) in [7, 11) is 0. The Labute approximate surface area is 124 Å². The summed E-state index contributed by atoms with van der Waals surface area (Å²) < 4.78 is 40.1. The Hall–Kier alpha value is -2.31. The number of nitrogens with zero attached hydrogens (tertiary/aromatic N) is 2. The van der Waals surface area contributed by atoms with Crippen LogP contribution in [0.15, 0.2) is 36.7 Å². The lowest BCUT2D eigenvalue weighted by atomic mass is 10.1. The van der Waals surface area contributed by atoms with Crippen LogP contribution < -0.4 is 5.32 Å². The number of carbonyl (C=O) groups excluding carboxylic acids is 1. The van der Waals surface area contributed by atoms with Crippen molar-refractivity contribution in [2.24, 2.45) is 11.8 Å². The minimum atomic E-state index is -4.46. The molecule has 0 spiro atoms. The standard InChI is InChI=1S/C15H14F3N3O/c1-9-7-11(9)14(22)20-12-8-10(15(16,17)18)3-4-13(12)21-6-2-5-19-21/h2-6,8-9,11H,7H2,1H3,(H,20,22)/t9-,11+/m1/s1. The van der Waals surface area contributed by atoms with Crippen LogP contribution in [0.1, 0.15) is 18.9 Å². The molecule has 3 rings (SSSR count). The normalized spacial score (nSPS) is 20.7. The topological polar surface area (TPSA) is 46.9 Å². The molecule has 0 radical (unpaired) electrons. The molecule has 2 aromatic rings.